The van der Waals surface area contributed by atoms with Crippen molar-refractivity contribution in [3.63, 3.8) is 0 Å². The van der Waals surface area contributed by atoms with Crippen LogP contribution in [0.5, 0.6) is 0 Å². The fourth-order valence-electron chi connectivity index (χ4n) is 2.37. The van der Waals surface area contributed by atoms with Gasteiger partial charge in [0.2, 0.25) is 0 Å². The van der Waals surface area contributed by atoms with E-state index in [4.69, 9.17) is 0 Å². The summed E-state index contributed by atoms with van der Waals surface area (Å²) in [5.74, 6) is 0. The lowest BCUT2D eigenvalue weighted by molar-refractivity contribution is 1.47. The highest BCUT2D eigenvalue weighted by Crippen LogP contribution is 2.25. The van der Waals surface area contributed by atoms with Crippen LogP contribution in [0.1, 0.15) is 25.0 Å². The van der Waals surface area contributed by atoms with Gasteiger partial charge in [0.1, 0.15) is 0 Å². The van der Waals surface area contributed by atoms with Gasteiger partial charge in [0, 0.05) is 0 Å². The summed E-state index contributed by atoms with van der Waals surface area (Å²) in [4.78, 5) is 0. The number of hydrogen-bond acceptors (Lipinski definition) is 0. The number of halogens is 1. The highest BCUT2D eigenvalue weighted by Gasteiger charge is 2.00. The first kappa shape index (κ1) is 17.7. The van der Waals surface area contributed by atoms with Crippen LogP contribution in [0.2, 0.25) is 0 Å². The van der Waals surface area contributed by atoms with Crippen LogP contribution >= 0.6 is 24.0 Å². The van der Waals surface area contributed by atoms with E-state index in [1.807, 2.05) is 13.8 Å². The monoisotopic (exact) mass is 390 g/mol. The molecule has 1 heteroatoms. The van der Waals surface area contributed by atoms with Crippen LogP contribution in [-0.4, -0.2) is 0 Å². The molecule has 3 aromatic carbocycles. The van der Waals surface area contributed by atoms with Crippen LogP contribution in [0.3, 0.4) is 0 Å². The second-order valence-corrected chi connectivity index (χ2v) is 4.93. The van der Waals surface area contributed by atoms with Crippen LogP contribution in [-0.2, 0) is 0 Å². The Hall–Kier alpha value is -1.35. The van der Waals surface area contributed by atoms with E-state index in [9.17, 15) is 0 Å². The Balaban J connectivity index is 0.000000706. The number of aryl methyl sites for hydroxylation is 2. The first-order chi connectivity index (χ1) is 9.72. The van der Waals surface area contributed by atoms with Gasteiger partial charge in [0.25, 0.3) is 0 Å². The van der Waals surface area contributed by atoms with Crippen molar-refractivity contribution in [1.82, 2.24) is 0 Å². The van der Waals surface area contributed by atoms with Crippen molar-refractivity contribution in [3.05, 3.63) is 71.8 Å². The van der Waals surface area contributed by atoms with E-state index in [0.717, 1.165) is 0 Å². The predicted octanol–water partition coefficient (Wildman–Crippen LogP) is 6.77. The molecule has 0 aliphatic rings. The van der Waals surface area contributed by atoms with Gasteiger partial charge in [-0.3, -0.25) is 0 Å². The van der Waals surface area contributed by atoms with E-state index in [1.165, 1.54) is 33.0 Å². The lowest BCUT2D eigenvalue weighted by Gasteiger charge is -2.06. The van der Waals surface area contributed by atoms with Gasteiger partial charge in [-0.25, -0.2) is 0 Å². The minimum Gasteiger partial charge on any atom is -0.107 e. The largest absolute Gasteiger partial charge is 0.107 e. The maximum absolute atomic E-state index is 2.27. The molecule has 0 aliphatic heterocycles. The maximum atomic E-state index is 2.27. The lowest BCUT2D eigenvalue weighted by Crippen LogP contribution is -1.81. The molecule has 0 fully saturated rings. The summed E-state index contributed by atoms with van der Waals surface area (Å²) in [6.07, 6.45) is 0. The van der Waals surface area contributed by atoms with Crippen molar-refractivity contribution in [3.8, 4) is 11.1 Å². The Morgan fingerprint density at radius 1 is 0.571 bits per heavy atom. The second kappa shape index (κ2) is 8.18. The van der Waals surface area contributed by atoms with E-state index in [2.05, 4.69) is 74.5 Å². The third kappa shape index (κ3) is 4.31. The highest BCUT2D eigenvalue weighted by atomic mass is 127. The Morgan fingerprint density at radius 3 is 1.90 bits per heavy atom. The molecule has 0 amide bonds. The van der Waals surface area contributed by atoms with Gasteiger partial charge in [-0.15, -0.1) is 24.0 Å². The first-order valence-electron chi connectivity index (χ1n) is 7.30. The number of rotatable bonds is 1. The molecule has 0 bridgehead atoms. The molecular formula is C20H23I. The van der Waals surface area contributed by atoms with Gasteiger partial charge in [-0.2, -0.15) is 0 Å². The molecule has 3 aromatic rings. The van der Waals surface area contributed by atoms with E-state index in [1.54, 1.807) is 0 Å². The van der Waals surface area contributed by atoms with Crippen LogP contribution < -0.4 is 0 Å². The Bertz CT molecular complexity index is 714. The van der Waals surface area contributed by atoms with E-state index >= 15 is 0 Å². The van der Waals surface area contributed by atoms with Crippen LogP contribution in [0.15, 0.2) is 60.7 Å². The van der Waals surface area contributed by atoms with Crippen molar-refractivity contribution in [2.45, 2.75) is 27.7 Å². The molecule has 0 spiro atoms. The maximum Gasteiger partial charge on any atom is -0.0175 e. The van der Waals surface area contributed by atoms with E-state index < -0.39 is 0 Å². The molecule has 3 rings (SSSR count). The second-order valence-electron chi connectivity index (χ2n) is 4.93. The summed E-state index contributed by atoms with van der Waals surface area (Å²) >= 11 is 0. The molecule has 0 saturated carbocycles. The summed E-state index contributed by atoms with van der Waals surface area (Å²) in [5, 5.41) is 2.62. The lowest BCUT2D eigenvalue weighted by atomic mass is 9.99. The zero-order valence-corrected chi connectivity index (χ0v) is 15.5. The minimum atomic E-state index is 0. The van der Waals surface area contributed by atoms with Crippen molar-refractivity contribution in [2.75, 3.05) is 0 Å². The summed E-state index contributed by atoms with van der Waals surface area (Å²) in [5.41, 5.74) is 5.19. The van der Waals surface area contributed by atoms with E-state index in [0.29, 0.717) is 0 Å². The third-order valence-corrected chi connectivity index (χ3v) is 3.35. The Morgan fingerprint density at radius 2 is 1.19 bits per heavy atom. The first-order valence-corrected chi connectivity index (χ1v) is 7.30. The van der Waals surface area contributed by atoms with Crippen LogP contribution in [0.4, 0.5) is 0 Å². The molecule has 0 radical (unpaired) electrons. The molecule has 0 N–H and O–H groups in total. The van der Waals surface area contributed by atoms with Crippen molar-refractivity contribution < 1.29 is 0 Å². The Kier molecular flexibility index (Phi) is 6.90. The van der Waals surface area contributed by atoms with Gasteiger partial charge in [0.15, 0.2) is 0 Å². The molecule has 110 valence electrons. The smallest absolute Gasteiger partial charge is 0.0175 e. The molecule has 0 aromatic heterocycles. The average Bonchev–Trinajstić information content (AvgIpc) is 2.48. The summed E-state index contributed by atoms with van der Waals surface area (Å²) in [6.45, 7) is 8.27. The predicted molar refractivity (Wildman–Crippen MR) is 106 cm³/mol. The summed E-state index contributed by atoms with van der Waals surface area (Å²) < 4.78 is 0. The number of fused-ring (bicyclic) bond motifs is 1. The molecule has 0 atom stereocenters. The van der Waals surface area contributed by atoms with Gasteiger partial charge in [-0.05, 0) is 41.8 Å². The molecule has 21 heavy (non-hydrogen) atoms. The third-order valence-electron chi connectivity index (χ3n) is 3.35. The van der Waals surface area contributed by atoms with Crippen LogP contribution in [0, 0.1) is 13.8 Å². The zero-order valence-electron chi connectivity index (χ0n) is 13.2. The summed E-state index contributed by atoms with van der Waals surface area (Å²) in [6, 6.07) is 21.9. The van der Waals surface area contributed by atoms with Gasteiger partial charge >= 0.3 is 0 Å². The highest BCUT2D eigenvalue weighted by molar-refractivity contribution is 14.0. The molecule has 0 nitrogen and oxygen atoms in total. The van der Waals surface area contributed by atoms with Crippen molar-refractivity contribution in [2.24, 2.45) is 0 Å². The fraction of sp³-hybridized carbons (Fsp3) is 0.200. The summed E-state index contributed by atoms with van der Waals surface area (Å²) in [7, 11) is 0. The Labute approximate surface area is 145 Å². The molecule has 0 saturated heterocycles. The zero-order chi connectivity index (χ0) is 14.5. The number of benzene rings is 3. The average molecular weight is 390 g/mol. The van der Waals surface area contributed by atoms with E-state index in [-0.39, 0.29) is 24.0 Å². The van der Waals surface area contributed by atoms with Crippen molar-refractivity contribution in [1.29, 1.82) is 0 Å². The topological polar surface area (TPSA) is 0 Å². The minimum absolute atomic E-state index is 0. The van der Waals surface area contributed by atoms with Gasteiger partial charge in [0.05, 0.1) is 0 Å². The molecule has 0 unspecified atom stereocenters. The SMILES string of the molecule is CC.Cc1cccc(-c2ccc3ccc(C)cc3c2)c1.I. The normalized spacial score (nSPS) is 9.52. The molecule has 0 aliphatic carbocycles. The quantitative estimate of drug-likeness (QED) is 0.403. The molecular weight excluding hydrogens is 367 g/mol. The van der Waals surface area contributed by atoms with Crippen molar-refractivity contribution >= 4 is 34.7 Å². The van der Waals surface area contributed by atoms with Gasteiger partial charge in [-0.1, -0.05) is 79.6 Å². The number of hydrogen-bond donors (Lipinski definition) is 0. The standard InChI is InChI=1S/C18H16.C2H6.HI/c1-13-4-3-5-16(10-13)17-9-8-15-7-6-14(2)11-18(15)12-17;1-2;/h3-12H,1-2H3;1-2H3;1H. The fourth-order valence-corrected chi connectivity index (χ4v) is 2.37. The van der Waals surface area contributed by atoms with Crippen LogP contribution in [0.25, 0.3) is 21.9 Å². The molecule has 0 heterocycles. The van der Waals surface area contributed by atoms with Gasteiger partial charge < -0.3 is 0 Å².